The summed E-state index contributed by atoms with van der Waals surface area (Å²) < 4.78 is 5.50. The standard InChI is InChI=1S/C11H22N2O5/c1-6(18-11(2,3)4)8(12)9(15)13-7(5-14)10(16)17/h6-8,14H,5,12H2,1-4H3,(H,13,15)(H,16,17)/t6-,7+,8+/m1/s1. The molecule has 106 valence electrons. The molecule has 18 heavy (non-hydrogen) atoms. The number of hydrogen-bond donors (Lipinski definition) is 4. The van der Waals surface area contributed by atoms with Crippen LogP contribution in [-0.4, -0.2) is 52.5 Å². The Labute approximate surface area is 106 Å². The lowest BCUT2D eigenvalue weighted by Crippen LogP contribution is -2.54. The maximum atomic E-state index is 11.7. The normalized spacial score (nSPS) is 16.8. The van der Waals surface area contributed by atoms with Crippen LogP contribution in [0.1, 0.15) is 27.7 Å². The molecular weight excluding hydrogens is 240 g/mol. The van der Waals surface area contributed by atoms with E-state index >= 15 is 0 Å². The van der Waals surface area contributed by atoms with Crippen LogP contribution >= 0.6 is 0 Å². The van der Waals surface area contributed by atoms with E-state index < -0.39 is 42.3 Å². The minimum Gasteiger partial charge on any atom is -0.480 e. The van der Waals surface area contributed by atoms with Crippen molar-refractivity contribution in [3.63, 3.8) is 0 Å². The summed E-state index contributed by atoms with van der Waals surface area (Å²) in [7, 11) is 0. The molecule has 0 spiro atoms. The molecule has 7 heteroatoms. The molecule has 7 nitrogen and oxygen atoms in total. The highest BCUT2D eigenvalue weighted by atomic mass is 16.5. The van der Waals surface area contributed by atoms with E-state index in [2.05, 4.69) is 5.32 Å². The minimum absolute atomic E-state index is 0.458. The first kappa shape index (κ1) is 16.8. The highest BCUT2D eigenvalue weighted by Gasteiger charge is 2.28. The van der Waals surface area contributed by atoms with E-state index in [0.29, 0.717) is 0 Å². The smallest absolute Gasteiger partial charge is 0.328 e. The molecule has 3 atom stereocenters. The van der Waals surface area contributed by atoms with Gasteiger partial charge in [0.1, 0.15) is 12.1 Å². The molecule has 0 aromatic carbocycles. The number of rotatable bonds is 6. The average Bonchev–Trinajstić information content (AvgIpc) is 2.21. The van der Waals surface area contributed by atoms with Crippen molar-refractivity contribution >= 4 is 11.9 Å². The fourth-order valence-corrected chi connectivity index (χ4v) is 1.30. The van der Waals surface area contributed by atoms with Crippen molar-refractivity contribution in [3.05, 3.63) is 0 Å². The summed E-state index contributed by atoms with van der Waals surface area (Å²) in [6.07, 6.45) is -0.571. The van der Waals surface area contributed by atoms with Gasteiger partial charge in [0.05, 0.1) is 18.3 Å². The summed E-state index contributed by atoms with van der Waals surface area (Å²) in [6.45, 7) is 6.40. The molecule has 0 saturated carbocycles. The lowest BCUT2D eigenvalue weighted by molar-refractivity contribution is -0.144. The van der Waals surface area contributed by atoms with E-state index in [0.717, 1.165) is 0 Å². The molecule has 0 unspecified atom stereocenters. The van der Waals surface area contributed by atoms with E-state index in [-0.39, 0.29) is 0 Å². The first-order chi connectivity index (χ1) is 8.08. The second-order valence-electron chi connectivity index (χ2n) is 5.04. The Morgan fingerprint density at radius 2 is 1.89 bits per heavy atom. The fraction of sp³-hybridized carbons (Fsp3) is 0.818. The van der Waals surface area contributed by atoms with Crippen LogP contribution in [0.15, 0.2) is 0 Å². The SMILES string of the molecule is C[C@@H](OC(C)(C)C)[C@H](N)C(=O)N[C@@H](CO)C(=O)O. The van der Waals surface area contributed by atoms with Gasteiger partial charge in [0.2, 0.25) is 5.91 Å². The van der Waals surface area contributed by atoms with Crippen LogP contribution in [0, 0.1) is 0 Å². The molecule has 0 aliphatic rings. The first-order valence-electron chi connectivity index (χ1n) is 5.66. The van der Waals surface area contributed by atoms with Gasteiger partial charge in [0.15, 0.2) is 0 Å². The summed E-state index contributed by atoms with van der Waals surface area (Å²) in [6, 6.07) is -2.36. The Morgan fingerprint density at radius 1 is 1.39 bits per heavy atom. The Kier molecular flexibility index (Phi) is 6.23. The zero-order chi connectivity index (χ0) is 14.5. The van der Waals surface area contributed by atoms with Crippen LogP contribution in [-0.2, 0) is 14.3 Å². The molecule has 5 N–H and O–H groups in total. The summed E-state index contributed by atoms with van der Waals surface area (Å²) in [5.74, 6) is -1.99. The molecule has 0 aromatic rings. The molecule has 0 aromatic heterocycles. The summed E-state index contributed by atoms with van der Waals surface area (Å²) >= 11 is 0. The Bertz CT molecular complexity index is 300. The number of ether oxygens (including phenoxy) is 1. The van der Waals surface area contributed by atoms with Crippen molar-refractivity contribution in [3.8, 4) is 0 Å². The maximum Gasteiger partial charge on any atom is 0.328 e. The van der Waals surface area contributed by atoms with Gasteiger partial charge in [0.25, 0.3) is 0 Å². The highest BCUT2D eigenvalue weighted by molar-refractivity contribution is 5.87. The van der Waals surface area contributed by atoms with Gasteiger partial charge in [0, 0.05) is 0 Å². The van der Waals surface area contributed by atoms with E-state index in [1.807, 2.05) is 20.8 Å². The average molecular weight is 262 g/mol. The number of carboxylic acid groups (broad SMARTS) is 1. The monoisotopic (exact) mass is 262 g/mol. The zero-order valence-electron chi connectivity index (χ0n) is 11.1. The van der Waals surface area contributed by atoms with Crippen LogP contribution in [0.3, 0.4) is 0 Å². The largest absolute Gasteiger partial charge is 0.480 e. The Hall–Kier alpha value is -1.18. The van der Waals surface area contributed by atoms with E-state index in [1.54, 1.807) is 6.92 Å². The quantitative estimate of drug-likeness (QED) is 0.491. The molecule has 0 fully saturated rings. The van der Waals surface area contributed by atoms with Gasteiger partial charge in [-0.2, -0.15) is 0 Å². The van der Waals surface area contributed by atoms with Gasteiger partial charge >= 0.3 is 5.97 Å². The summed E-state index contributed by atoms with van der Waals surface area (Å²) in [5.41, 5.74) is 5.20. The van der Waals surface area contributed by atoms with Crippen molar-refractivity contribution in [1.82, 2.24) is 5.32 Å². The topological polar surface area (TPSA) is 122 Å². The van der Waals surface area contributed by atoms with Gasteiger partial charge in [-0.15, -0.1) is 0 Å². The number of carboxylic acids is 1. The molecule has 0 saturated heterocycles. The second-order valence-corrected chi connectivity index (χ2v) is 5.04. The molecule has 1 amide bonds. The molecule has 0 radical (unpaired) electrons. The van der Waals surface area contributed by atoms with E-state index in [4.69, 9.17) is 20.7 Å². The van der Waals surface area contributed by atoms with Crippen LogP contribution < -0.4 is 11.1 Å². The van der Waals surface area contributed by atoms with Crippen molar-refractivity contribution in [1.29, 1.82) is 0 Å². The van der Waals surface area contributed by atoms with Crippen molar-refractivity contribution < 1.29 is 24.5 Å². The van der Waals surface area contributed by atoms with E-state index in [1.165, 1.54) is 0 Å². The van der Waals surface area contributed by atoms with Crippen molar-refractivity contribution in [2.24, 2.45) is 5.73 Å². The lowest BCUT2D eigenvalue weighted by atomic mass is 10.1. The van der Waals surface area contributed by atoms with Crippen LogP contribution in [0.25, 0.3) is 0 Å². The molecular formula is C11H22N2O5. The number of hydrogen-bond acceptors (Lipinski definition) is 5. The van der Waals surface area contributed by atoms with Crippen LogP contribution in [0.2, 0.25) is 0 Å². The van der Waals surface area contributed by atoms with Crippen LogP contribution in [0.4, 0.5) is 0 Å². The Morgan fingerprint density at radius 3 is 2.22 bits per heavy atom. The third kappa shape index (κ3) is 5.95. The second kappa shape index (κ2) is 6.67. The minimum atomic E-state index is -1.36. The lowest BCUT2D eigenvalue weighted by Gasteiger charge is -2.28. The van der Waals surface area contributed by atoms with Crippen molar-refractivity contribution in [2.75, 3.05) is 6.61 Å². The van der Waals surface area contributed by atoms with Gasteiger partial charge in [-0.1, -0.05) is 0 Å². The number of carbonyl (C=O) groups is 2. The predicted octanol–water partition coefficient (Wildman–Crippen LogP) is -0.921. The third-order valence-electron chi connectivity index (χ3n) is 2.15. The molecule has 0 heterocycles. The van der Waals surface area contributed by atoms with Gasteiger partial charge < -0.3 is 26.0 Å². The number of nitrogens with one attached hydrogen (secondary N) is 1. The zero-order valence-corrected chi connectivity index (χ0v) is 11.1. The van der Waals surface area contributed by atoms with Gasteiger partial charge in [-0.05, 0) is 27.7 Å². The maximum absolute atomic E-state index is 11.7. The number of carbonyl (C=O) groups excluding carboxylic acids is 1. The summed E-state index contributed by atoms with van der Waals surface area (Å²) in [5, 5.41) is 19.6. The van der Waals surface area contributed by atoms with Gasteiger partial charge in [-0.3, -0.25) is 4.79 Å². The number of aliphatic hydroxyl groups is 1. The number of amides is 1. The first-order valence-corrected chi connectivity index (χ1v) is 5.66. The summed E-state index contributed by atoms with van der Waals surface area (Å²) in [4.78, 5) is 22.3. The Balaban J connectivity index is 4.46. The predicted molar refractivity (Wildman–Crippen MR) is 64.9 cm³/mol. The highest BCUT2D eigenvalue weighted by Crippen LogP contribution is 2.12. The van der Waals surface area contributed by atoms with E-state index in [9.17, 15) is 9.59 Å². The van der Waals surface area contributed by atoms with Crippen LogP contribution in [0.5, 0.6) is 0 Å². The van der Waals surface area contributed by atoms with Gasteiger partial charge in [-0.25, -0.2) is 4.79 Å². The number of aliphatic carboxylic acids is 1. The number of aliphatic hydroxyl groups excluding tert-OH is 1. The molecule has 0 rings (SSSR count). The molecule has 0 aliphatic carbocycles. The number of nitrogens with two attached hydrogens (primary N) is 1. The van der Waals surface area contributed by atoms with Crippen molar-refractivity contribution in [2.45, 2.75) is 51.5 Å². The molecule has 0 bridgehead atoms. The third-order valence-corrected chi connectivity index (χ3v) is 2.15. The fourth-order valence-electron chi connectivity index (χ4n) is 1.30. The molecule has 0 aliphatic heterocycles.